The standard InChI is InChI=1S/C15H25N3O2/c1-17(2)10-11-6-5-7-18(11)13-9-15(20-4)14(19-3)8-12(13)16/h8-9,11H,5-7,10,16H2,1-4H3. The zero-order chi connectivity index (χ0) is 14.7. The smallest absolute Gasteiger partial charge is 0.162 e. The van der Waals surface area contributed by atoms with E-state index in [4.69, 9.17) is 15.2 Å². The average Bonchev–Trinajstić information content (AvgIpc) is 2.85. The third-order valence-corrected chi connectivity index (χ3v) is 3.80. The zero-order valence-corrected chi connectivity index (χ0v) is 12.8. The van der Waals surface area contributed by atoms with Crippen molar-refractivity contribution in [1.82, 2.24) is 4.90 Å². The summed E-state index contributed by atoms with van der Waals surface area (Å²) in [4.78, 5) is 4.61. The van der Waals surface area contributed by atoms with Gasteiger partial charge >= 0.3 is 0 Å². The van der Waals surface area contributed by atoms with E-state index in [1.54, 1.807) is 14.2 Å². The maximum absolute atomic E-state index is 6.20. The molecule has 2 rings (SSSR count). The Morgan fingerprint density at radius 1 is 1.25 bits per heavy atom. The normalized spacial score (nSPS) is 18.6. The number of nitrogen functional groups attached to an aromatic ring is 1. The maximum Gasteiger partial charge on any atom is 0.162 e. The van der Waals surface area contributed by atoms with Gasteiger partial charge in [0.1, 0.15) is 0 Å². The molecule has 1 aliphatic heterocycles. The van der Waals surface area contributed by atoms with Crippen LogP contribution in [0.3, 0.4) is 0 Å². The summed E-state index contributed by atoms with van der Waals surface area (Å²) in [5.41, 5.74) is 7.99. The summed E-state index contributed by atoms with van der Waals surface area (Å²) in [5, 5.41) is 0. The number of ether oxygens (including phenoxy) is 2. The van der Waals surface area contributed by atoms with Crippen LogP contribution < -0.4 is 20.1 Å². The number of methoxy groups -OCH3 is 2. The van der Waals surface area contributed by atoms with E-state index >= 15 is 0 Å². The van der Waals surface area contributed by atoms with Crippen LogP contribution in [0.5, 0.6) is 11.5 Å². The van der Waals surface area contributed by atoms with E-state index in [0.29, 0.717) is 11.8 Å². The molecule has 5 heteroatoms. The van der Waals surface area contributed by atoms with Crippen LogP contribution in [-0.2, 0) is 0 Å². The topological polar surface area (TPSA) is 51.0 Å². The molecule has 0 spiro atoms. The Balaban J connectivity index is 2.31. The monoisotopic (exact) mass is 279 g/mol. The number of nitrogens with two attached hydrogens (primary N) is 1. The van der Waals surface area contributed by atoms with Gasteiger partial charge in [-0.05, 0) is 26.9 Å². The number of anilines is 2. The molecule has 0 aliphatic carbocycles. The molecule has 1 heterocycles. The first-order valence-electron chi connectivity index (χ1n) is 6.99. The third kappa shape index (κ3) is 2.93. The fourth-order valence-electron chi connectivity index (χ4n) is 2.90. The van der Waals surface area contributed by atoms with E-state index in [1.807, 2.05) is 12.1 Å². The number of benzene rings is 1. The molecular weight excluding hydrogens is 254 g/mol. The quantitative estimate of drug-likeness (QED) is 0.833. The predicted octanol–water partition coefficient (Wildman–Crippen LogP) is 1.82. The highest BCUT2D eigenvalue weighted by Crippen LogP contribution is 2.39. The third-order valence-electron chi connectivity index (χ3n) is 3.80. The van der Waals surface area contributed by atoms with Crippen molar-refractivity contribution in [2.45, 2.75) is 18.9 Å². The van der Waals surface area contributed by atoms with Crippen molar-refractivity contribution < 1.29 is 9.47 Å². The van der Waals surface area contributed by atoms with Crippen LogP contribution in [0.2, 0.25) is 0 Å². The van der Waals surface area contributed by atoms with Gasteiger partial charge in [0.25, 0.3) is 0 Å². The van der Waals surface area contributed by atoms with E-state index in [-0.39, 0.29) is 0 Å². The van der Waals surface area contributed by atoms with Crippen LogP contribution in [0.4, 0.5) is 11.4 Å². The Morgan fingerprint density at radius 2 is 1.90 bits per heavy atom. The highest BCUT2D eigenvalue weighted by molar-refractivity contribution is 5.73. The van der Waals surface area contributed by atoms with Gasteiger partial charge in [0.05, 0.1) is 25.6 Å². The van der Waals surface area contributed by atoms with Crippen molar-refractivity contribution in [1.29, 1.82) is 0 Å². The van der Waals surface area contributed by atoms with Crippen LogP contribution in [0.25, 0.3) is 0 Å². The van der Waals surface area contributed by atoms with E-state index in [9.17, 15) is 0 Å². The second kappa shape index (κ2) is 6.22. The van der Waals surface area contributed by atoms with Crippen molar-refractivity contribution in [3.63, 3.8) is 0 Å². The summed E-state index contributed by atoms with van der Waals surface area (Å²) >= 11 is 0. The first-order chi connectivity index (χ1) is 9.56. The largest absolute Gasteiger partial charge is 0.493 e. The summed E-state index contributed by atoms with van der Waals surface area (Å²) in [6, 6.07) is 4.34. The molecule has 1 unspecified atom stereocenters. The van der Waals surface area contributed by atoms with Gasteiger partial charge in [0.2, 0.25) is 0 Å². The molecule has 5 nitrogen and oxygen atoms in total. The minimum absolute atomic E-state index is 0.505. The minimum atomic E-state index is 0.505. The van der Waals surface area contributed by atoms with E-state index in [1.165, 1.54) is 12.8 Å². The molecule has 1 aliphatic rings. The van der Waals surface area contributed by atoms with E-state index < -0.39 is 0 Å². The van der Waals surface area contributed by atoms with Crippen molar-refractivity contribution in [2.24, 2.45) is 0 Å². The molecule has 1 fully saturated rings. The Kier molecular flexibility index (Phi) is 4.60. The lowest BCUT2D eigenvalue weighted by Crippen LogP contribution is -2.37. The number of nitrogens with zero attached hydrogens (tertiary/aromatic N) is 2. The van der Waals surface area contributed by atoms with Gasteiger partial charge in [-0.1, -0.05) is 0 Å². The SMILES string of the molecule is COc1cc(N)c(N2CCCC2CN(C)C)cc1OC. The Hall–Kier alpha value is -1.62. The highest BCUT2D eigenvalue weighted by Gasteiger charge is 2.27. The van der Waals surface area contributed by atoms with Gasteiger partial charge in [-0.3, -0.25) is 0 Å². The highest BCUT2D eigenvalue weighted by atomic mass is 16.5. The molecule has 0 saturated carbocycles. The van der Waals surface area contributed by atoms with Crippen LogP contribution in [0.15, 0.2) is 12.1 Å². The van der Waals surface area contributed by atoms with Gasteiger partial charge < -0.3 is 25.0 Å². The Bertz CT molecular complexity index is 463. The second-order valence-electron chi connectivity index (χ2n) is 5.52. The van der Waals surface area contributed by atoms with Crippen LogP contribution in [0.1, 0.15) is 12.8 Å². The molecule has 1 saturated heterocycles. The number of likely N-dealkylation sites (N-methyl/N-ethyl adjacent to an activating group) is 1. The number of hydrogen-bond donors (Lipinski definition) is 1. The van der Waals surface area contributed by atoms with E-state index in [2.05, 4.69) is 23.9 Å². The van der Waals surface area contributed by atoms with Crippen molar-refractivity contribution in [2.75, 3.05) is 52.0 Å². The summed E-state index contributed by atoms with van der Waals surface area (Å²) in [5.74, 6) is 1.41. The Labute approximate surface area is 121 Å². The molecule has 1 atom stereocenters. The predicted molar refractivity (Wildman–Crippen MR) is 82.9 cm³/mol. The van der Waals surface area contributed by atoms with Crippen molar-refractivity contribution in [3.8, 4) is 11.5 Å². The lowest BCUT2D eigenvalue weighted by molar-refractivity contribution is 0.354. The van der Waals surface area contributed by atoms with Gasteiger partial charge in [-0.15, -0.1) is 0 Å². The van der Waals surface area contributed by atoms with Crippen LogP contribution in [0, 0.1) is 0 Å². The maximum atomic E-state index is 6.20. The molecule has 1 aromatic rings. The zero-order valence-electron chi connectivity index (χ0n) is 12.8. The second-order valence-corrected chi connectivity index (χ2v) is 5.52. The molecule has 0 radical (unpaired) electrons. The van der Waals surface area contributed by atoms with Crippen LogP contribution in [-0.4, -0.2) is 52.3 Å². The van der Waals surface area contributed by atoms with E-state index in [0.717, 1.165) is 30.2 Å². The van der Waals surface area contributed by atoms with Crippen molar-refractivity contribution >= 4 is 11.4 Å². The fourth-order valence-corrected chi connectivity index (χ4v) is 2.90. The Morgan fingerprint density at radius 3 is 2.50 bits per heavy atom. The molecular formula is C15H25N3O2. The van der Waals surface area contributed by atoms with Gasteiger partial charge in [0.15, 0.2) is 11.5 Å². The molecule has 20 heavy (non-hydrogen) atoms. The molecule has 1 aromatic carbocycles. The fraction of sp³-hybridized carbons (Fsp3) is 0.600. The molecule has 0 amide bonds. The van der Waals surface area contributed by atoms with Crippen LogP contribution >= 0.6 is 0 Å². The molecule has 112 valence electrons. The summed E-state index contributed by atoms with van der Waals surface area (Å²) in [6.07, 6.45) is 2.40. The first kappa shape index (κ1) is 14.8. The average molecular weight is 279 g/mol. The lowest BCUT2D eigenvalue weighted by Gasteiger charge is -2.30. The summed E-state index contributed by atoms with van der Waals surface area (Å²) in [7, 11) is 7.49. The summed E-state index contributed by atoms with van der Waals surface area (Å²) in [6.45, 7) is 2.08. The number of rotatable bonds is 5. The summed E-state index contributed by atoms with van der Waals surface area (Å²) < 4.78 is 10.7. The lowest BCUT2D eigenvalue weighted by atomic mass is 10.1. The van der Waals surface area contributed by atoms with Gasteiger partial charge in [-0.2, -0.15) is 0 Å². The molecule has 0 aromatic heterocycles. The first-order valence-corrected chi connectivity index (χ1v) is 6.99. The van der Waals surface area contributed by atoms with Crippen molar-refractivity contribution in [3.05, 3.63) is 12.1 Å². The minimum Gasteiger partial charge on any atom is -0.493 e. The van der Waals surface area contributed by atoms with Gasteiger partial charge in [0, 0.05) is 31.3 Å². The van der Waals surface area contributed by atoms with Gasteiger partial charge in [-0.25, -0.2) is 0 Å². The number of hydrogen-bond acceptors (Lipinski definition) is 5. The molecule has 2 N–H and O–H groups in total. The molecule has 0 bridgehead atoms.